The maximum atomic E-state index is 6.00. The molecule has 3 nitrogen and oxygen atoms in total. The van der Waals surface area contributed by atoms with Gasteiger partial charge in [-0.25, -0.2) is 0 Å². The molecule has 0 aliphatic rings. The minimum atomic E-state index is 0.0264. The molecule has 0 saturated heterocycles. The lowest BCUT2D eigenvalue weighted by Crippen LogP contribution is -2.17. The molecule has 2 aromatic rings. The van der Waals surface area contributed by atoms with Crippen molar-refractivity contribution in [2.75, 3.05) is 11.4 Å². The second-order valence-corrected chi connectivity index (χ2v) is 5.04. The Kier molecular flexibility index (Phi) is 4.74. The Hall–Kier alpha value is -1.87. The lowest BCUT2D eigenvalue weighted by Gasteiger charge is -2.23. The summed E-state index contributed by atoms with van der Waals surface area (Å²) in [7, 11) is 0. The summed E-state index contributed by atoms with van der Waals surface area (Å²) in [6.45, 7) is 7.23. The SMILES string of the molecule is CCC(N)c1ccc(N(CC)c2ccc(C)cc2)cn1. The second kappa shape index (κ2) is 6.53. The topological polar surface area (TPSA) is 42.1 Å². The van der Waals surface area contributed by atoms with Gasteiger partial charge in [-0.1, -0.05) is 24.6 Å². The number of hydrogen-bond acceptors (Lipinski definition) is 3. The van der Waals surface area contributed by atoms with Gasteiger partial charge in [-0.15, -0.1) is 0 Å². The number of benzene rings is 1. The van der Waals surface area contributed by atoms with Gasteiger partial charge in [0.15, 0.2) is 0 Å². The lowest BCUT2D eigenvalue weighted by molar-refractivity contribution is 0.675. The van der Waals surface area contributed by atoms with Crippen LogP contribution < -0.4 is 10.6 Å². The van der Waals surface area contributed by atoms with E-state index in [1.54, 1.807) is 0 Å². The first-order valence-corrected chi connectivity index (χ1v) is 7.21. The van der Waals surface area contributed by atoms with E-state index in [2.05, 4.69) is 61.0 Å². The van der Waals surface area contributed by atoms with Crippen molar-refractivity contribution in [2.45, 2.75) is 33.2 Å². The van der Waals surface area contributed by atoms with E-state index in [0.29, 0.717) is 0 Å². The van der Waals surface area contributed by atoms with Crippen LogP contribution in [0.1, 0.15) is 37.6 Å². The van der Waals surface area contributed by atoms with Gasteiger partial charge in [0.25, 0.3) is 0 Å². The van der Waals surface area contributed by atoms with Gasteiger partial charge in [0.05, 0.1) is 17.6 Å². The van der Waals surface area contributed by atoms with E-state index in [9.17, 15) is 0 Å². The zero-order valence-corrected chi connectivity index (χ0v) is 12.5. The van der Waals surface area contributed by atoms with E-state index in [1.807, 2.05) is 12.3 Å². The zero-order chi connectivity index (χ0) is 14.5. The summed E-state index contributed by atoms with van der Waals surface area (Å²) in [5, 5.41) is 0. The van der Waals surface area contributed by atoms with E-state index < -0.39 is 0 Å². The first-order chi connectivity index (χ1) is 9.65. The third kappa shape index (κ3) is 3.17. The molecule has 0 aliphatic carbocycles. The molecule has 1 heterocycles. The van der Waals surface area contributed by atoms with Crippen molar-refractivity contribution in [1.29, 1.82) is 0 Å². The van der Waals surface area contributed by atoms with Gasteiger partial charge in [-0.3, -0.25) is 4.98 Å². The fourth-order valence-electron chi connectivity index (χ4n) is 2.22. The highest BCUT2D eigenvalue weighted by Crippen LogP contribution is 2.25. The summed E-state index contributed by atoms with van der Waals surface area (Å²) in [6.07, 6.45) is 2.82. The van der Waals surface area contributed by atoms with Crippen molar-refractivity contribution in [3.05, 3.63) is 53.9 Å². The smallest absolute Gasteiger partial charge is 0.0597 e. The van der Waals surface area contributed by atoms with Crippen LogP contribution in [0.2, 0.25) is 0 Å². The van der Waals surface area contributed by atoms with Crippen molar-refractivity contribution in [2.24, 2.45) is 5.73 Å². The van der Waals surface area contributed by atoms with E-state index in [0.717, 1.165) is 24.3 Å². The molecule has 0 saturated carbocycles. The van der Waals surface area contributed by atoms with Gasteiger partial charge in [0.2, 0.25) is 0 Å². The number of aryl methyl sites for hydroxylation is 1. The van der Waals surface area contributed by atoms with Crippen LogP contribution in [-0.2, 0) is 0 Å². The number of nitrogens with zero attached hydrogens (tertiary/aromatic N) is 2. The molecule has 1 aromatic carbocycles. The number of anilines is 2. The molecule has 1 unspecified atom stereocenters. The number of rotatable bonds is 5. The number of hydrogen-bond donors (Lipinski definition) is 1. The van der Waals surface area contributed by atoms with Crippen LogP contribution in [0.3, 0.4) is 0 Å². The highest BCUT2D eigenvalue weighted by Gasteiger charge is 2.09. The number of nitrogens with two attached hydrogens (primary N) is 1. The number of pyridine rings is 1. The lowest BCUT2D eigenvalue weighted by atomic mass is 10.1. The summed E-state index contributed by atoms with van der Waals surface area (Å²) in [5.41, 5.74) is 10.5. The van der Waals surface area contributed by atoms with Crippen LogP contribution in [0.5, 0.6) is 0 Å². The minimum Gasteiger partial charge on any atom is -0.341 e. The summed E-state index contributed by atoms with van der Waals surface area (Å²) in [5.74, 6) is 0. The monoisotopic (exact) mass is 269 g/mol. The average molecular weight is 269 g/mol. The van der Waals surface area contributed by atoms with Crippen LogP contribution in [0.25, 0.3) is 0 Å². The van der Waals surface area contributed by atoms with Gasteiger partial charge in [-0.2, -0.15) is 0 Å². The molecule has 1 atom stereocenters. The highest BCUT2D eigenvalue weighted by molar-refractivity contribution is 5.62. The molecule has 20 heavy (non-hydrogen) atoms. The van der Waals surface area contributed by atoms with Gasteiger partial charge >= 0.3 is 0 Å². The Balaban J connectivity index is 2.25. The molecular weight excluding hydrogens is 246 g/mol. The summed E-state index contributed by atoms with van der Waals surface area (Å²) in [6, 6.07) is 12.7. The Bertz CT molecular complexity index is 531. The standard InChI is InChI=1S/C17H23N3/c1-4-16(18)17-11-10-15(12-19-17)20(5-2)14-8-6-13(3)7-9-14/h6-12,16H,4-5,18H2,1-3H3. The highest BCUT2D eigenvalue weighted by atomic mass is 15.1. The molecule has 0 amide bonds. The van der Waals surface area contributed by atoms with E-state index in [4.69, 9.17) is 5.73 Å². The molecule has 2 rings (SSSR count). The van der Waals surface area contributed by atoms with Crippen LogP contribution in [0.15, 0.2) is 42.6 Å². The third-order valence-electron chi connectivity index (χ3n) is 3.56. The Morgan fingerprint density at radius 3 is 2.20 bits per heavy atom. The zero-order valence-electron chi connectivity index (χ0n) is 12.5. The van der Waals surface area contributed by atoms with Gasteiger partial charge in [0.1, 0.15) is 0 Å². The largest absolute Gasteiger partial charge is 0.341 e. The minimum absolute atomic E-state index is 0.0264. The summed E-state index contributed by atoms with van der Waals surface area (Å²) < 4.78 is 0. The first kappa shape index (κ1) is 14.5. The van der Waals surface area contributed by atoms with Crippen molar-refractivity contribution in [3.8, 4) is 0 Å². The molecule has 0 bridgehead atoms. The fraction of sp³-hybridized carbons (Fsp3) is 0.353. The molecular formula is C17H23N3. The van der Waals surface area contributed by atoms with Crippen molar-refractivity contribution >= 4 is 11.4 Å². The Labute approximate surface area is 121 Å². The maximum Gasteiger partial charge on any atom is 0.0597 e. The quantitative estimate of drug-likeness (QED) is 0.893. The van der Waals surface area contributed by atoms with Crippen molar-refractivity contribution in [1.82, 2.24) is 4.98 Å². The molecule has 1 aromatic heterocycles. The van der Waals surface area contributed by atoms with Gasteiger partial charge in [-0.05, 0) is 44.5 Å². The van der Waals surface area contributed by atoms with Crippen LogP contribution in [-0.4, -0.2) is 11.5 Å². The number of aromatic nitrogens is 1. The molecule has 0 radical (unpaired) electrons. The van der Waals surface area contributed by atoms with E-state index >= 15 is 0 Å². The second-order valence-electron chi connectivity index (χ2n) is 5.04. The van der Waals surface area contributed by atoms with E-state index in [1.165, 1.54) is 11.3 Å². The molecule has 2 N–H and O–H groups in total. The van der Waals surface area contributed by atoms with Crippen LogP contribution in [0, 0.1) is 6.92 Å². The molecule has 106 valence electrons. The Morgan fingerprint density at radius 2 is 1.70 bits per heavy atom. The predicted octanol–water partition coefficient (Wildman–Crippen LogP) is 3.96. The van der Waals surface area contributed by atoms with Crippen molar-refractivity contribution < 1.29 is 0 Å². The van der Waals surface area contributed by atoms with Gasteiger partial charge < -0.3 is 10.6 Å². The molecule has 0 fully saturated rings. The Morgan fingerprint density at radius 1 is 1.05 bits per heavy atom. The normalized spacial score (nSPS) is 12.2. The molecule has 3 heteroatoms. The first-order valence-electron chi connectivity index (χ1n) is 7.21. The fourth-order valence-corrected chi connectivity index (χ4v) is 2.22. The van der Waals surface area contributed by atoms with Crippen LogP contribution in [0.4, 0.5) is 11.4 Å². The van der Waals surface area contributed by atoms with Crippen molar-refractivity contribution in [3.63, 3.8) is 0 Å². The van der Waals surface area contributed by atoms with Gasteiger partial charge in [0, 0.05) is 18.3 Å². The third-order valence-corrected chi connectivity index (χ3v) is 3.56. The maximum absolute atomic E-state index is 6.00. The average Bonchev–Trinajstić information content (AvgIpc) is 2.50. The van der Waals surface area contributed by atoms with E-state index in [-0.39, 0.29) is 6.04 Å². The summed E-state index contributed by atoms with van der Waals surface area (Å²) >= 11 is 0. The molecule has 0 spiro atoms. The summed E-state index contributed by atoms with van der Waals surface area (Å²) in [4.78, 5) is 6.74. The predicted molar refractivity (Wildman–Crippen MR) is 85.3 cm³/mol. The van der Waals surface area contributed by atoms with Crippen LogP contribution >= 0.6 is 0 Å². The molecule has 0 aliphatic heterocycles.